The van der Waals surface area contributed by atoms with Crippen molar-refractivity contribution in [2.24, 2.45) is 11.8 Å². The van der Waals surface area contributed by atoms with Crippen molar-refractivity contribution < 1.29 is 9.47 Å². The van der Waals surface area contributed by atoms with Crippen molar-refractivity contribution in [3.63, 3.8) is 0 Å². The van der Waals surface area contributed by atoms with Gasteiger partial charge in [-0.05, 0) is 37.5 Å². The summed E-state index contributed by atoms with van der Waals surface area (Å²) in [6.07, 6.45) is 11.1. The summed E-state index contributed by atoms with van der Waals surface area (Å²) in [4.78, 5) is 2.67. The van der Waals surface area contributed by atoms with Crippen LogP contribution in [0.3, 0.4) is 0 Å². The highest BCUT2D eigenvalue weighted by molar-refractivity contribution is 4.95. The van der Waals surface area contributed by atoms with E-state index in [-0.39, 0.29) is 11.4 Å². The Balaban J connectivity index is 1.67. The third-order valence-corrected chi connectivity index (χ3v) is 6.06. The molecule has 0 bridgehead atoms. The molecule has 3 nitrogen and oxygen atoms in total. The summed E-state index contributed by atoms with van der Waals surface area (Å²) >= 11 is 0. The summed E-state index contributed by atoms with van der Waals surface area (Å²) < 4.78 is 13.1. The van der Waals surface area contributed by atoms with Crippen LogP contribution in [-0.2, 0) is 9.47 Å². The van der Waals surface area contributed by atoms with Gasteiger partial charge in [-0.3, -0.25) is 4.90 Å². The number of hydrogen-bond acceptors (Lipinski definition) is 3. The lowest BCUT2D eigenvalue weighted by molar-refractivity contribution is -0.209. The summed E-state index contributed by atoms with van der Waals surface area (Å²) in [5.74, 6) is 1.39. The van der Waals surface area contributed by atoms with Crippen LogP contribution in [0.2, 0.25) is 0 Å². The Labute approximate surface area is 143 Å². The monoisotopic (exact) mass is 323 g/mol. The average Bonchev–Trinajstić information content (AvgIpc) is 2.83. The fourth-order valence-electron chi connectivity index (χ4n) is 5.16. The third kappa shape index (κ3) is 4.29. The molecule has 0 amide bonds. The van der Waals surface area contributed by atoms with Crippen LogP contribution in [0.4, 0.5) is 0 Å². The van der Waals surface area contributed by atoms with Crippen molar-refractivity contribution in [1.82, 2.24) is 4.90 Å². The average molecular weight is 324 g/mol. The van der Waals surface area contributed by atoms with Gasteiger partial charge in [-0.15, -0.1) is 0 Å². The normalized spacial score (nSPS) is 38.2. The molecule has 0 radical (unpaired) electrons. The molecule has 2 aliphatic heterocycles. The van der Waals surface area contributed by atoms with Gasteiger partial charge in [0.05, 0.1) is 6.61 Å². The molecule has 2 heterocycles. The number of piperidine rings is 1. The second kappa shape index (κ2) is 7.41. The maximum absolute atomic E-state index is 6.79. The molecular formula is C20H37NO2. The molecule has 0 aromatic rings. The second-order valence-electron chi connectivity index (χ2n) is 8.79. The van der Waals surface area contributed by atoms with E-state index in [0.717, 1.165) is 44.2 Å². The predicted molar refractivity (Wildman–Crippen MR) is 94.5 cm³/mol. The highest BCUT2D eigenvalue weighted by Crippen LogP contribution is 2.44. The fraction of sp³-hybridized carbons (Fsp3) is 1.00. The highest BCUT2D eigenvalue weighted by atomic mass is 16.8. The standard InChI is InChI=1S/C20H37NO2/c1-4-5-9-19(15-21-13-17(2)12-18(3)14-21)16-22-20(23-19)10-7-6-8-11-20/h17-18H,4-16H2,1-3H3. The van der Waals surface area contributed by atoms with Crippen molar-refractivity contribution in [2.45, 2.75) is 89.9 Å². The van der Waals surface area contributed by atoms with Crippen LogP contribution in [-0.4, -0.2) is 42.5 Å². The molecule has 3 fully saturated rings. The van der Waals surface area contributed by atoms with Crippen molar-refractivity contribution in [1.29, 1.82) is 0 Å². The van der Waals surface area contributed by atoms with Gasteiger partial charge in [0.1, 0.15) is 5.60 Å². The lowest BCUT2D eigenvalue weighted by atomic mass is 9.89. The third-order valence-electron chi connectivity index (χ3n) is 6.06. The molecule has 1 spiro atoms. The number of rotatable bonds is 5. The molecule has 0 aromatic carbocycles. The van der Waals surface area contributed by atoms with Crippen molar-refractivity contribution in [3.8, 4) is 0 Å². The fourth-order valence-corrected chi connectivity index (χ4v) is 5.16. The second-order valence-corrected chi connectivity index (χ2v) is 8.79. The van der Waals surface area contributed by atoms with E-state index in [0.29, 0.717) is 0 Å². The molecule has 134 valence electrons. The Morgan fingerprint density at radius 2 is 1.74 bits per heavy atom. The van der Waals surface area contributed by atoms with E-state index in [2.05, 4.69) is 25.7 Å². The van der Waals surface area contributed by atoms with E-state index in [4.69, 9.17) is 9.47 Å². The van der Waals surface area contributed by atoms with Gasteiger partial charge >= 0.3 is 0 Å². The molecule has 3 rings (SSSR count). The first-order valence-electron chi connectivity index (χ1n) is 10.1. The van der Waals surface area contributed by atoms with Crippen LogP contribution in [0, 0.1) is 11.8 Å². The minimum Gasteiger partial charge on any atom is -0.347 e. The van der Waals surface area contributed by atoms with E-state index in [1.54, 1.807) is 0 Å². The first-order valence-corrected chi connectivity index (χ1v) is 10.1. The molecule has 3 aliphatic rings. The zero-order valence-corrected chi connectivity index (χ0v) is 15.6. The van der Waals surface area contributed by atoms with Gasteiger partial charge in [-0.1, -0.05) is 40.0 Å². The highest BCUT2D eigenvalue weighted by Gasteiger charge is 2.51. The van der Waals surface area contributed by atoms with Gasteiger partial charge < -0.3 is 9.47 Å². The van der Waals surface area contributed by atoms with Crippen LogP contribution < -0.4 is 0 Å². The molecule has 0 N–H and O–H groups in total. The Morgan fingerprint density at radius 1 is 1.04 bits per heavy atom. The molecule has 1 aliphatic carbocycles. The van der Waals surface area contributed by atoms with Crippen LogP contribution in [0.25, 0.3) is 0 Å². The molecule has 0 aromatic heterocycles. The first-order chi connectivity index (χ1) is 11.0. The quantitative estimate of drug-likeness (QED) is 0.738. The smallest absolute Gasteiger partial charge is 0.169 e. The Bertz CT molecular complexity index is 370. The van der Waals surface area contributed by atoms with Crippen LogP contribution >= 0.6 is 0 Å². The van der Waals surface area contributed by atoms with Crippen molar-refractivity contribution in [2.75, 3.05) is 26.2 Å². The molecule has 3 unspecified atom stereocenters. The van der Waals surface area contributed by atoms with E-state index in [1.165, 1.54) is 51.6 Å². The van der Waals surface area contributed by atoms with E-state index < -0.39 is 0 Å². The zero-order valence-electron chi connectivity index (χ0n) is 15.6. The summed E-state index contributed by atoms with van der Waals surface area (Å²) in [6, 6.07) is 0. The number of unbranched alkanes of at least 4 members (excludes halogenated alkanes) is 1. The summed E-state index contributed by atoms with van der Waals surface area (Å²) in [5, 5.41) is 0. The molecule has 3 heteroatoms. The van der Waals surface area contributed by atoms with Gasteiger partial charge in [0.2, 0.25) is 0 Å². The minimum atomic E-state index is -0.237. The first kappa shape index (κ1) is 17.7. The molecule has 23 heavy (non-hydrogen) atoms. The van der Waals surface area contributed by atoms with Gasteiger partial charge in [-0.2, -0.15) is 0 Å². The summed E-state index contributed by atoms with van der Waals surface area (Å²) in [5.41, 5.74) is -0.0515. The zero-order chi connectivity index (χ0) is 16.3. The lowest BCUT2D eigenvalue weighted by Gasteiger charge is -2.41. The number of hydrogen-bond donors (Lipinski definition) is 0. The van der Waals surface area contributed by atoms with Crippen molar-refractivity contribution >= 4 is 0 Å². The van der Waals surface area contributed by atoms with E-state index in [9.17, 15) is 0 Å². The van der Waals surface area contributed by atoms with E-state index >= 15 is 0 Å². The topological polar surface area (TPSA) is 21.7 Å². The SMILES string of the molecule is CCCCC1(CN2CC(C)CC(C)C2)COC2(CCCCC2)O1. The lowest BCUT2D eigenvalue weighted by Crippen LogP contribution is -2.50. The Morgan fingerprint density at radius 3 is 2.39 bits per heavy atom. The predicted octanol–water partition coefficient (Wildman–Crippen LogP) is 4.60. The van der Waals surface area contributed by atoms with E-state index in [1.807, 2.05) is 0 Å². The number of ether oxygens (including phenoxy) is 2. The van der Waals surface area contributed by atoms with Crippen molar-refractivity contribution in [3.05, 3.63) is 0 Å². The molecule has 3 atom stereocenters. The maximum atomic E-state index is 6.79. The Hall–Kier alpha value is -0.120. The molecule has 1 saturated carbocycles. The minimum absolute atomic E-state index is 0.0515. The number of nitrogens with zero attached hydrogens (tertiary/aromatic N) is 1. The van der Waals surface area contributed by atoms with Gasteiger partial charge in [0.25, 0.3) is 0 Å². The van der Waals surface area contributed by atoms with Crippen LogP contribution in [0.5, 0.6) is 0 Å². The maximum Gasteiger partial charge on any atom is 0.169 e. The van der Waals surface area contributed by atoms with Crippen LogP contribution in [0.15, 0.2) is 0 Å². The largest absolute Gasteiger partial charge is 0.347 e. The Kier molecular flexibility index (Phi) is 5.70. The van der Waals surface area contributed by atoms with Gasteiger partial charge in [0.15, 0.2) is 5.79 Å². The van der Waals surface area contributed by atoms with Crippen LogP contribution in [0.1, 0.15) is 78.6 Å². The van der Waals surface area contributed by atoms with Gasteiger partial charge in [0, 0.05) is 32.5 Å². The number of likely N-dealkylation sites (tertiary alicyclic amines) is 1. The summed E-state index contributed by atoms with van der Waals surface area (Å²) in [6.45, 7) is 11.4. The molecule has 2 saturated heterocycles. The molecular weight excluding hydrogens is 286 g/mol. The summed E-state index contributed by atoms with van der Waals surface area (Å²) in [7, 11) is 0. The van der Waals surface area contributed by atoms with Gasteiger partial charge in [-0.25, -0.2) is 0 Å².